The number of amides is 1. The fourth-order valence-electron chi connectivity index (χ4n) is 3.07. The summed E-state index contributed by atoms with van der Waals surface area (Å²) < 4.78 is 29.9. The van der Waals surface area contributed by atoms with Crippen molar-refractivity contribution in [1.29, 1.82) is 0 Å². The molecule has 1 fully saturated rings. The summed E-state index contributed by atoms with van der Waals surface area (Å²) in [6, 6.07) is 17.7. The van der Waals surface area contributed by atoms with E-state index in [1.54, 1.807) is 35.2 Å². The zero-order valence-electron chi connectivity index (χ0n) is 15.1. The predicted molar refractivity (Wildman–Crippen MR) is 102 cm³/mol. The lowest BCUT2D eigenvalue weighted by molar-refractivity contribution is -0.135. The van der Waals surface area contributed by atoms with E-state index in [2.05, 4.69) is 10.1 Å². The van der Waals surface area contributed by atoms with Gasteiger partial charge in [-0.05, 0) is 12.1 Å². The van der Waals surface area contributed by atoms with E-state index in [1.807, 2.05) is 30.3 Å². The Morgan fingerprint density at radius 2 is 1.68 bits per heavy atom. The van der Waals surface area contributed by atoms with Gasteiger partial charge in [0.1, 0.15) is 0 Å². The molecule has 1 aliphatic heterocycles. The average Bonchev–Trinajstić information content (AvgIpc) is 3.16. The number of hydrogen-bond acceptors (Lipinski definition) is 6. The van der Waals surface area contributed by atoms with E-state index in [9.17, 15) is 13.2 Å². The van der Waals surface area contributed by atoms with E-state index in [0.717, 1.165) is 5.56 Å². The number of rotatable bonds is 6. The van der Waals surface area contributed by atoms with Crippen molar-refractivity contribution in [2.75, 3.05) is 18.8 Å². The third-order valence-corrected chi connectivity index (χ3v) is 6.48. The monoisotopic (exact) mass is 397 g/mol. The van der Waals surface area contributed by atoms with Crippen LogP contribution >= 0.6 is 0 Å². The molecule has 0 aliphatic carbocycles. The first-order valence-electron chi connectivity index (χ1n) is 8.97. The van der Waals surface area contributed by atoms with Crippen LogP contribution in [0.3, 0.4) is 0 Å². The molecule has 2 aromatic carbocycles. The SMILES string of the molecule is O=C(CCS(=O)(=O)c1ccccc1)N1CC(c2nc(-c3ccccc3)no2)C1. The Morgan fingerprint density at radius 1 is 1.04 bits per heavy atom. The molecule has 0 unspecified atom stereocenters. The topological polar surface area (TPSA) is 93.4 Å². The second-order valence-electron chi connectivity index (χ2n) is 6.70. The highest BCUT2D eigenvalue weighted by Crippen LogP contribution is 2.28. The Hall–Kier alpha value is -3.00. The van der Waals surface area contributed by atoms with E-state index >= 15 is 0 Å². The normalized spacial score (nSPS) is 14.6. The van der Waals surface area contributed by atoms with E-state index in [4.69, 9.17) is 4.52 Å². The number of nitrogens with zero attached hydrogens (tertiary/aromatic N) is 3. The van der Waals surface area contributed by atoms with Gasteiger partial charge in [-0.25, -0.2) is 8.42 Å². The van der Waals surface area contributed by atoms with E-state index in [1.165, 1.54) is 0 Å². The molecule has 0 saturated carbocycles. The minimum atomic E-state index is -3.45. The zero-order valence-corrected chi connectivity index (χ0v) is 15.9. The maximum Gasteiger partial charge on any atom is 0.233 e. The van der Waals surface area contributed by atoms with Crippen LogP contribution in [0.1, 0.15) is 18.2 Å². The molecule has 4 rings (SSSR count). The number of hydrogen-bond donors (Lipinski definition) is 0. The fraction of sp³-hybridized carbons (Fsp3) is 0.250. The number of likely N-dealkylation sites (tertiary alicyclic amines) is 1. The molecule has 1 amide bonds. The standard InChI is InChI=1S/C20H19N3O4S/c24-18(11-12-28(25,26)17-9-5-2-6-10-17)23-13-16(14-23)20-21-19(22-27-20)15-7-3-1-4-8-15/h1-10,16H,11-14H2. The van der Waals surface area contributed by atoms with Gasteiger partial charge in [0.05, 0.1) is 16.6 Å². The molecule has 7 nitrogen and oxygen atoms in total. The van der Waals surface area contributed by atoms with Crippen molar-refractivity contribution in [2.24, 2.45) is 0 Å². The molecule has 1 aliphatic rings. The first kappa shape index (κ1) is 18.4. The Balaban J connectivity index is 1.31. The molecule has 1 aromatic heterocycles. The Morgan fingerprint density at radius 3 is 2.36 bits per heavy atom. The third-order valence-electron chi connectivity index (χ3n) is 4.74. The summed E-state index contributed by atoms with van der Waals surface area (Å²) in [5.41, 5.74) is 0.871. The Labute approximate surface area is 162 Å². The Bertz CT molecular complexity index is 1060. The molecule has 8 heteroatoms. The smallest absolute Gasteiger partial charge is 0.233 e. The molecular weight excluding hydrogens is 378 g/mol. The van der Waals surface area contributed by atoms with Gasteiger partial charge in [-0.1, -0.05) is 53.7 Å². The van der Waals surface area contributed by atoms with Crippen molar-refractivity contribution in [1.82, 2.24) is 15.0 Å². The Kier molecular flexibility index (Phi) is 4.95. The van der Waals surface area contributed by atoms with Crippen molar-refractivity contribution in [3.8, 4) is 11.4 Å². The van der Waals surface area contributed by atoms with Gasteiger partial charge < -0.3 is 9.42 Å². The van der Waals surface area contributed by atoms with Gasteiger partial charge >= 0.3 is 0 Å². The van der Waals surface area contributed by atoms with Gasteiger partial charge in [0, 0.05) is 25.1 Å². The van der Waals surface area contributed by atoms with Crippen molar-refractivity contribution < 1.29 is 17.7 Å². The van der Waals surface area contributed by atoms with Crippen LogP contribution in [0, 0.1) is 0 Å². The summed E-state index contributed by atoms with van der Waals surface area (Å²) in [5.74, 6) is 0.628. The van der Waals surface area contributed by atoms with Crippen LogP contribution in [-0.4, -0.2) is 48.2 Å². The first-order chi connectivity index (χ1) is 13.5. The molecule has 28 heavy (non-hydrogen) atoms. The minimum Gasteiger partial charge on any atom is -0.341 e. The van der Waals surface area contributed by atoms with Crippen molar-refractivity contribution in [3.05, 3.63) is 66.6 Å². The molecule has 0 N–H and O–H groups in total. The lowest BCUT2D eigenvalue weighted by Gasteiger charge is -2.37. The quantitative estimate of drug-likeness (QED) is 0.634. The van der Waals surface area contributed by atoms with Crippen molar-refractivity contribution >= 4 is 15.7 Å². The molecular formula is C20H19N3O4S. The predicted octanol–water partition coefficient (Wildman–Crippen LogP) is 2.53. The summed E-state index contributed by atoms with van der Waals surface area (Å²) in [4.78, 5) is 18.6. The molecule has 0 spiro atoms. The van der Waals surface area contributed by atoms with Gasteiger partial charge in [-0.15, -0.1) is 0 Å². The molecule has 3 aromatic rings. The summed E-state index contributed by atoms with van der Waals surface area (Å²) >= 11 is 0. The van der Waals surface area contributed by atoms with E-state index in [-0.39, 0.29) is 28.9 Å². The lowest BCUT2D eigenvalue weighted by atomic mass is 10.00. The largest absolute Gasteiger partial charge is 0.341 e. The maximum absolute atomic E-state index is 12.3. The van der Waals surface area contributed by atoms with Crippen molar-refractivity contribution in [2.45, 2.75) is 17.2 Å². The third kappa shape index (κ3) is 3.82. The summed E-state index contributed by atoms with van der Waals surface area (Å²) in [6.07, 6.45) is -0.0386. The van der Waals surface area contributed by atoms with E-state index < -0.39 is 9.84 Å². The van der Waals surface area contributed by atoms with Crippen LogP contribution in [0.4, 0.5) is 0 Å². The molecule has 2 heterocycles. The van der Waals surface area contributed by atoms with Crippen LogP contribution in [0.25, 0.3) is 11.4 Å². The van der Waals surface area contributed by atoms with Gasteiger partial charge in [0.25, 0.3) is 0 Å². The highest BCUT2D eigenvalue weighted by Gasteiger charge is 2.35. The highest BCUT2D eigenvalue weighted by atomic mass is 32.2. The molecule has 0 bridgehead atoms. The zero-order chi connectivity index (χ0) is 19.6. The first-order valence-corrected chi connectivity index (χ1v) is 10.6. The summed E-state index contributed by atoms with van der Waals surface area (Å²) in [5, 5.41) is 3.99. The number of sulfone groups is 1. The van der Waals surface area contributed by atoms with Crippen LogP contribution in [0.15, 0.2) is 70.1 Å². The van der Waals surface area contributed by atoms with Crippen LogP contribution in [0.5, 0.6) is 0 Å². The number of benzene rings is 2. The molecule has 1 saturated heterocycles. The highest BCUT2D eigenvalue weighted by molar-refractivity contribution is 7.91. The van der Waals surface area contributed by atoms with E-state index in [0.29, 0.717) is 24.8 Å². The van der Waals surface area contributed by atoms with Gasteiger partial charge in [-0.3, -0.25) is 4.79 Å². The molecule has 0 radical (unpaired) electrons. The fourth-order valence-corrected chi connectivity index (χ4v) is 4.32. The second kappa shape index (κ2) is 7.55. The van der Waals surface area contributed by atoms with Gasteiger partial charge in [0.2, 0.25) is 17.6 Å². The molecule has 0 atom stereocenters. The number of carbonyl (C=O) groups excluding carboxylic acids is 1. The van der Waals surface area contributed by atoms with Crippen molar-refractivity contribution in [3.63, 3.8) is 0 Å². The van der Waals surface area contributed by atoms with Crippen LogP contribution in [-0.2, 0) is 14.6 Å². The van der Waals surface area contributed by atoms with Crippen LogP contribution < -0.4 is 0 Å². The number of carbonyl (C=O) groups is 1. The lowest BCUT2D eigenvalue weighted by Crippen LogP contribution is -2.48. The summed E-state index contributed by atoms with van der Waals surface area (Å²) in [7, 11) is -3.45. The molecule has 144 valence electrons. The van der Waals surface area contributed by atoms with Gasteiger partial charge in [-0.2, -0.15) is 4.98 Å². The van der Waals surface area contributed by atoms with Crippen LogP contribution in [0.2, 0.25) is 0 Å². The number of aromatic nitrogens is 2. The maximum atomic E-state index is 12.3. The minimum absolute atomic E-state index is 0.0142. The average molecular weight is 397 g/mol. The van der Waals surface area contributed by atoms with Gasteiger partial charge in [0.15, 0.2) is 9.84 Å². The second-order valence-corrected chi connectivity index (χ2v) is 8.81. The summed E-state index contributed by atoms with van der Waals surface area (Å²) in [6.45, 7) is 0.918.